The van der Waals surface area contributed by atoms with Gasteiger partial charge in [0.05, 0.1) is 12.7 Å². The molecule has 2 unspecified atom stereocenters. The SMILES string of the molecule is O=C(NCC1CN2CCCC2CO1)c1nnc(Cl)s1. The second kappa shape index (κ2) is 5.70. The van der Waals surface area contributed by atoms with Crippen LogP contribution >= 0.6 is 22.9 Å². The highest BCUT2D eigenvalue weighted by Crippen LogP contribution is 2.22. The Labute approximate surface area is 120 Å². The number of carbonyl (C=O) groups is 1. The predicted molar refractivity (Wildman–Crippen MR) is 71.6 cm³/mol. The molecule has 1 N–H and O–H groups in total. The zero-order valence-electron chi connectivity index (χ0n) is 10.3. The molecule has 0 spiro atoms. The average molecular weight is 303 g/mol. The van der Waals surface area contributed by atoms with Gasteiger partial charge >= 0.3 is 0 Å². The van der Waals surface area contributed by atoms with E-state index in [2.05, 4.69) is 20.4 Å². The Kier molecular flexibility index (Phi) is 3.97. The third-order valence-electron chi connectivity index (χ3n) is 3.55. The Bertz CT molecular complexity index is 469. The molecule has 0 aliphatic carbocycles. The number of nitrogens with one attached hydrogen (secondary N) is 1. The van der Waals surface area contributed by atoms with Crippen LogP contribution in [-0.2, 0) is 4.74 Å². The Morgan fingerprint density at radius 1 is 1.58 bits per heavy atom. The molecule has 1 aromatic rings. The van der Waals surface area contributed by atoms with Crippen molar-refractivity contribution in [2.75, 3.05) is 26.2 Å². The summed E-state index contributed by atoms with van der Waals surface area (Å²) < 4.78 is 6.05. The summed E-state index contributed by atoms with van der Waals surface area (Å²) >= 11 is 6.73. The molecule has 6 nitrogen and oxygen atoms in total. The molecule has 2 atom stereocenters. The van der Waals surface area contributed by atoms with E-state index in [1.54, 1.807) is 0 Å². The Morgan fingerprint density at radius 2 is 2.47 bits per heavy atom. The molecule has 0 radical (unpaired) electrons. The summed E-state index contributed by atoms with van der Waals surface area (Å²) in [6.45, 7) is 3.30. The third-order valence-corrected chi connectivity index (χ3v) is 4.56. The first-order valence-electron chi connectivity index (χ1n) is 6.35. The van der Waals surface area contributed by atoms with Crippen molar-refractivity contribution < 1.29 is 9.53 Å². The van der Waals surface area contributed by atoms with Crippen LogP contribution in [0.4, 0.5) is 0 Å². The number of amides is 1. The highest BCUT2D eigenvalue weighted by molar-refractivity contribution is 7.17. The predicted octanol–water partition coefficient (Wildman–Crippen LogP) is 0.784. The molecule has 2 aliphatic rings. The van der Waals surface area contributed by atoms with Gasteiger partial charge in [-0.3, -0.25) is 9.69 Å². The van der Waals surface area contributed by atoms with Crippen LogP contribution in [0.15, 0.2) is 0 Å². The number of fused-ring (bicyclic) bond motifs is 1. The first kappa shape index (κ1) is 13.2. The molecule has 3 rings (SSSR count). The first-order chi connectivity index (χ1) is 9.22. The molecule has 1 aromatic heterocycles. The number of ether oxygens (including phenoxy) is 1. The minimum Gasteiger partial charge on any atom is -0.373 e. The molecule has 2 saturated heterocycles. The van der Waals surface area contributed by atoms with Gasteiger partial charge in [-0.05, 0) is 31.0 Å². The number of morpholine rings is 1. The van der Waals surface area contributed by atoms with Gasteiger partial charge in [0.25, 0.3) is 5.91 Å². The van der Waals surface area contributed by atoms with Crippen LogP contribution in [-0.4, -0.2) is 59.4 Å². The van der Waals surface area contributed by atoms with E-state index in [4.69, 9.17) is 16.3 Å². The maximum absolute atomic E-state index is 11.8. The summed E-state index contributed by atoms with van der Waals surface area (Å²) in [6, 6.07) is 0.578. The van der Waals surface area contributed by atoms with Crippen molar-refractivity contribution in [3.63, 3.8) is 0 Å². The van der Waals surface area contributed by atoms with Crippen LogP contribution < -0.4 is 5.32 Å². The fourth-order valence-electron chi connectivity index (χ4n) is 2.59. The third kappa shape index (κ3) is 3.05. The number of rotatable bonds is 3. The van der Waals surface area contributed by atoms with E-state index < -0.39 is 0 Å². The topological polar surface area (TPSA) is 67.4 Å². The van der Waals surface area contributed by atoms with E-state index in [0.29, 0.717) is 17.6 Å². The van der Waals surface area contributed by atoms with E-state index in [9.17, 15) is 4.79 Å². The molecule has 0 bridgehead atoms. The quantitative estimate of drug-likeness (QED) is 0.894. The zero-order chi connectivity index (χ0) is 13.2. The molecule has 104 valence electrons. The van der Waals surface area contributed by atoms with E-state index in [0.717, 1.165) is 31.0 Å². The lowest BCUT2D eigenvalue weighted by Gasteiger charge is -2.35. The molecule has 8 heteroatoms. The molecule has 0 aromatic carbocycles. The van der Waals surface area contributed by atoms with Crippen molar-refractivity contribution >= 4 is 28.8 Å². The maximum Gasteiger partial charge on any atom is 0.282 e. The van der Waals surface area contributed by atoms with Gasteiger partial charge in [0, 0.05) is 19.1 Å². The van der Waals surface area contributed by atoms with Gasteiger partial charge in [0.2, 0.25) is 9.47 Å². The van der Waals surface area contributed by atoms with Crippen LogP contribution in [0.1, 0.15) is 22.6 Å². The molecule has 2 aliphatic heterocycles. The summed E-state index contributed by atoms with van der Waals surface area (Å²) in [5.41, 5.74) is 0. The van der Waals surface area contributed by atoms with Crippen molar-refractivity contribution in [2.45, 2.75) is 25.0 Å². The second-order valence-electron chi connectivity index (χ2n) is 4.82. The molecule has 2 fully saturated rings. The van der Waals surface area contributed by atoms with Crippen molar-refractivity contribution in [3.05, 3.63) is 9.47 Å². The number of carbonyl (C=O) groups excluding carboxylic acids is 1. The van der Waals surface area contributed by atoms with Crippen LogP contribution in [0, 0.1) is 0 Å². The fraction of sp³-hybridized carbons (Fsp3) is 0.727. The van der Waals surface area contributed by atoms with Gasteiger partial charge in [0.1, 0.15) is 0 Å². The summed E-state index contributed by atoms with van der Waals surface area (Å²) in [4.78, 5) is 14.2. The van der Waals surface area contributed by atoms with Gasteiger partial charge in [-0.25, -0.2) is 0 Å². The Morgan fingerprint density at radius 3 is 3.26 bits per heavy atom. The molecule has 1 amide bonds. The van der Waals surface area contributed by atoms with Crippen LogP contribution in [0.25, 0.3) is 0 Å². The zero-order valence-corrected chi connectivity index (χ0v) is 11.9. The van der Waals surface area contributed by atoms with Crippen LogP contribution in [0.5, 0.6) is 0 Å². The van der Waals surface area contributed by atoms with Crippen molar-refractivity contribution in [1.29, 1.82) is 0 Å². The Balaban J connectivity index is 1.48. The maximum atomic E-state index is 11.8. The van der Waals surface area contributed by atoms with Gasteiger partial charge in [-0.2, -0.15) is 0 Å². The van der Waals surface area contributed by atoms with Gasteiger partial charge in [-0.15, -0.1) is 10.2 Å². The van der Waals surface area contributed by atoms with Crippen molar-refractivity contribution in [3.8, 4) is 0 Å². The standard InChI is InChI=1S/C11H15ClN4O2S/c12-11-15-14-10(19-11)9(17)13-4-8-5-16-3-1-2-7(16)6-18-8/h7-8H,1-6H2,(H,13,17). The van der Waals surface area contributed by atoms with Gasteiger partial charge < -0.3 is 10.1 Å². The molecular formula is C11H15ClN4O2S. The minimum absolute atomic E-state index is 0.0571. The van der Waals surface area contributed by atoms with Gasteiger partial charge in [-0.1, -0.05) is 11.3 Å². The summed E-state index contributed by atoms with van der Waals surface area (Å²) in [7, 11) is 0. The number of halogens is 1. The lowest BCUT2D eigenvalue weighted by atomic mass is 10.2. The highest BCUT2D eigenvalue weighted by Gasteiger charge is 2.32. The smallest absolute Gasteiger partial charge is 0.282 e. The lowest BCUT2D eigenvalue weighted by Crippen LogP contribution is -2.50. The monoisotopic (exact) mass is 302 g/mol. The first-order valence-corrected chi connectivity index (χ1v) is 7.54. The molecule has 19 heavy (non-hydrogen) atoms. The number of hydrogen-bond acceptors (Lipinski definition) is 6. The molecular weight excluding hydrogens is 288 g/mol. The fourth-order valence-corrected chi connectivity index (χ4v) is 3.33. The van der Waals surface area contributed by atoms with Crippen molar-refractivity contribution in [2.24, 2.45) is 0 Å². The van der Waals surface area contributed by atoms with E-state index >= 15 is 0 Å². The summed E-state index contributed by atoms with van der Waals surface area (Å²) in [5.74, 6) is -0.239. The number of aromatic nitrogens is 2. The van der Waals surface area contributed by atoms with Crippen LogP contribution in [0.2, 0.25) is 4.47 Å². The molecule has 3 heterocycles. The summed E-state index contributed by atoms with van der Waals surface area (Å²) in [6.07, 6.45) is 2.53. The lowest BCUT2D eigenvalue weighted by molar-refractivity contribution is -0.0461. The van der Waals surface area contributed by atoms with E-state index in [1.165, 1.54) is 12.8 Å². The largest absolute Gasteiger partial charge is 0.373 e. The second-order valence-corrected chi connectivity index (χ2v) is 6.38. The average Bonchev–Trinajstić information content (AvgIpc) is 3.03. The number of hydrogen-bond donors (Lipinski definition) is 1. The normalized spacial score (nSPS) is 27.2. The Hall–Kier alpha value is -0.760. The van der Waals surface area contributed by atoms with E-state index in [1.807, 2.05) is 0 Å². The minimum atomic E-state index is -0.239. The number of nitrogens with zero attached hydrogens (tertiary/aromatic N) is 3. The summed E-state index contributed by atoms with van der Waals surface area (Å²) in [5, 5.41) is 10.4. The molecule has 0 saturated carbocycles. The van der Waals surface area contributed by atoms with E-state index in [-0.39, 0.29) is 16.5 Å². The van der Waals surface area contributed by atoms with Crippen LogP contribution in [0.3, 0.4) is 0 Å². The highest BCUT2D eigenvalue weighted by atomic mass is 35.5. The van der Waals surface area contributed by atoms with Gasteiger partial charge in [0.15, 0.2) is 0 Å². The van der Waals surface area contributed by atoms with Crippen molar-refractivity contribution in [1.82, 2.24) is 20.4 Å².